The fourth-order valence-electron chi connectivity index (χ4n) is 3.64. The Labute approximate surface area is 157 Å². The zero-order valence-electron chi connectivity index (χ0n) is 16.1. The van der Waals surface area contributed by atoms with Crippen LogP contribution in [0.25, 0.3) is 0 Å². The van der Waals surface area contributed by atoms with Crippen molar-refractivity contribution in [2.24, 2.45) is 0 Å². The maximum Gasteiger partial charge on any atom is 0.160 e. The molecule has 1 atom stereocenters. The van der Waals surface area contributed by atoms with Crippen molar-refractivity contribution in [1.82, 2.24) is 9.80 Å². The standard InChI is InChI=1S/C22H30N2O2/c1-18(20-7-5-4-6-8-20)24-15-13-23(14-16-24)12-11-19-9-10-21(25-2)22(17-19)26-3/h4-10,17-18H,11-16H2,1-3H3. The molecule has 4 nitrogen and oxygen atoms in total. The quantitative estimate of drug-likeness (QED) is 0.758. The molecule has 0 amide bonds. The third-order valence-electron chi connectivity index (χ3n) is 5.40. The Kier molecular flexibility index (Phi) is 6.53. The van der Waals surface area contributed by atoms with Crippen LogP contribution >= 0.6 is 0 Å². The minimum atomic E-state index is 0.490. The first-order valence-corrected chi connectivity index (χ1v) is 9.43. The minimum absolute atomic E-state index is 0.490. The van der Waals surface area contributed by atoms with E-state index in [0.29, 0.717) is 6.04 Å². The molecular formula is C22H30N2O2. The largest absolute Gasteiger partial charge is 0.493 e. The number of rotatable bonds is 7. The van der Waals surface area contributed by atoms with E-state index in [0.717, 1.165) is 50.6 Å². The molecule has 0 saturated carbocycles. The third kappa shape index (κ3) is 4.57. The molecule has 26 heavy (non-hydrogen) atoms. The molecule has 1 heterocycles. The van der Waals surface area contributed by atoms with Crippen molar-refractivity contribution < 1.29 is 9.47 Å². The lowest BCUT2D eigenvalue weighted by atomic mass is 10.1. The highest BCUT2D eigenvalue weighted by Gasteiger charge is 2.21. The number of benzene rings is 2. The van der Waals surface area contributed by atoms with Gasteiger partial charge in [0.1, 0.15) is 0 Å². The number of ether oxygens (including phenoxy) is 2. The molecule has 0 aromatic heterocycles. The van der Waals surface area contributed by atoms with E-state index in [4.69, 9.17) is 9.47 Å². The van der Waals surface area contributed by atoms with Gasteiger partial charge in [0.15, 0.2) is 11.5 Å². The van der Waals surface area contributed by atoms with Crippen LogP contribution in [0.4, 0.5) is 0 Å². The van der Waals surface area contributed by atoms with Crippen molar-refractivity contribution in [2.45, 2.75) is 19.4 Å². The normalized spacial score (nSPS) is 17.0. The second-order valence-corrected chi connectivity index (χ2v) is 6.90. The Bertz CT molecular complexity index is 682. The summed E-state index contributed by atoms with van der Waals surface area (Å²) in [7, 11) is 3.36. The lowest BCUT2D eigenvalue weighted by molar-refractivity contribution is 0.103. The zero-order chi connectivity index (χ0) is 18.4. The van der Waals surface area contributed by atoms with Crippen LogP contribution in [0.2, 0.25) is 0 Å². The molecule has 0 bridgehead atoms. The lowest BCUT2D eigenvalue weighted by Gasteiger charge is -2.38. The third-order valence-corrected chi connectivity index (χ3v) is 5.40. The smallest absolute Gasteiger partial charge is 0.160 e. The van der Waals surface area contributed by atoms with Crippen molar-refractivity contribution in [2.75, 3.05) is 46.9 Å². The summed E-state index contributed by atoms with van der Waals surface area (Å²) in [5, 5.41) is 0. The van der Waals surface area contributed by atoms with Crippen LogP contribution in [-0.4, -0.2) is 56.7 Å². The predicted molar refractivity (Wildman–Crippen MR) is 106 cm³/mol. The van der Waals surface area contributed by atoms with E-state index < -0.39 is 0 Å². The molecule has 0 radical (unpaired) electrons. The number of methoxy groups -OCH3 is 2. The second-order valence-electron chi connectivity index (χ2n) is 6.90. The first-order valence-electron chi connectivity index (χ1n) is 9.43. The van der Waals surface area contributed by atoms with Gasteiger partial charge < -0.3 is 14.4 Å². The van der Waals surface area contributed by atoms with Crippen LogP contribution in [0.5, 0.6) is 11.5 Å². The van der Waals surface area contributed by atoms with Crippen molar-refractivity contribution in [3.8, 4) is 11.5 Å². The van der Waals surface area contributed by atoms with E-state index in [2.05, 4.69) is 59.2 Å². The maximum atomic E-state index is 5.41. The van der Waals surface area contributed by atoms with Crippen LogP contribution in [0.1, 0.15) is 24.1 Å². The molecule has 1 fully saturated rings. The average Bonchev–Trinajstić information content (AvgIpc) is 2.72. The highest BCUT2D eigenvalue weighted by atomic mass is 16.5. The first-order chi connectivity index (χ1) is 12.7. The number of hydrogen-bond acceptors (Lipinski definition) is 4. The summed E-state index contributed by atoms with van der Waals surface area (Å²) in [4.78, 5) is 5.15. The van der Waals surface area contributed by atoms with E-state index in [-0.39, 0.29) is 0 Å². The van der Waals surface area contributed by atoms with Gasteiger partial charge in [-0.25, -0.2) is 0 Å². The Hall–Kier alpha value is -2.04. The summed E-state index contributed by atoms with van der Waals surface area (Å²) in [6.45, 7) is 7.91. The van der Waals surface area contributed by atoms with Crippen molar-refractivity contribution in [1.29, 1.82) is 0 Å². The zero-order valence-corrected chi connectivity index (χ0v) is 16.1. The Morgan fingerprint density at radius 1 is 0.885 bits per heavy atom. The van der Waals surface area contributed by atoms with Gasteiger partial charge in [-0.2, -0.15) is 0 Å². The van der Waals surface area contributed by atoms with Crippen LogP contribution in [0.3, 0.4) is 0 Å². The van der Waals surface area contributed by atoms with Crippen LogP contribution < -0.4 is 9.47 Å². The topological polar surface area (TPSA) is 24.9 Å². The summed E-state index contributed by atoms with van der Waals surface area (Å²) in [6, 6.07) is 17.5. The molecule has 0 spiro atoms. The van der Waals surface area contributed by atoms with Gasteiger partial charge in [-0.15, -0.1) is 0 Å². The van der Waals surface area contributed by atoms with Gasteiger partial charge in [0.2, 0.25) is 0 Å². The van der Waals surface area contributed by atoms with E-state index in [9.17, 15) is 0 Å². The second kappa shape index (κ2) is 9.06. The number of hydrogen-bond donors (Lipinski definition) is 0. The summed E-state index contributed by atoms with van der Waals surface area (Å²) in [5.74, 6) is 1.60. The van der Waals surface area contributed by atoms with Gasteiger partial charge in [-0.3, -0.25) is 4.90 Å². The van der Waals surface area contributed by atoms with Gasteiger partial charge >= 0.3 is 0 Å². The molecular weight excluding hydrogens is 324 g/mol. The molecule has 1 aliphatic rings. The maximum absolute atomic E-state index is 5.41. The Morgan fingerprint density at radius 2 is 1.58 bits per heavy atom. The van der Waals surface area contributed by atoms with Crippen LogP contribution in [0.15, 0.2) is 48.5 Å². The van der Waals surface area contributed by atoms with E-state index >= 15 is 0 Å². The molecule has 0 N–H and O–H groups in total. The monoisotopic (exact) mass is 354 g/mol. The predicted octanol–water partition coefficient (Wildman–Crippen LogP) is 3.63. The van der Waals surface area contributed by atoms with Crippen LogP contribution in [0, 0.1) is 0 Å². The van der Waals surface area contributed by atoms with Crippen molar-refractivity contribution >= 4 is 0 Å². The fraction of sp³-hybridized carbons (Fsp3) is 0.455. The SMILES string of the molecule is COc1ccc(CCN2CCN(C(C)c3ccccc3)CC2)cc1OC. The highest BCUT2D eigenvalue weighted by molar-refractivity contribution is 5.42. The first kappa shape index (κ1) is 18.7. The van der Waals surface area contributed by atoms with Crippen molar-refractivity contribution in [3.05, 3.63) is 59.7 Å². The molecule has 1 aliphatic heterocycles. The molecule has 3 rings (SSSR count). The van der Waals surface area contributed by atoms with Gasteiger partial charge in [0.25, 0.3) is 0 Å². The molecule has 0 aliphatic carbocycles. The molecule has 2 aromatic rings. The Morgan fingerprint density at radius 3 is 2.23 bits per heavy atom. The Balaban J connectivity index is 1.48. The summed E-state index contributed by atoms with van der Waals surface area (Å²) >= 11 is 0. The summed E-state index contributed by atoms with van der Waals surface area (Å²) in [6.07, 6.45) is 1.04. The van der Waals surface area contributed by atoms with Gasteiger partial charge in [0.05, 0.1) is 14.2 Å². The molecule has 2 aromatic carbocycles. The fourth-order valence-corrected chi connectivity index (χ4v) is 3.64. The highest BCUT2D eigenvalue weighted by Crippen LogP contribution is 2.28. The van der Waals surface area contributed by atoms with E-state index in [1.807, 2.05) is 6.07 Å². The van der Waals surface area contributed by atoms with Gasteiger partial charge in [-0.1, -0.05) is 36.4 Å². The molecule has 140 valence electrons. The lowest BCUT2D eigenvalue weighted by Crippen LogP contribution is -2.47. The average molecular weight is 354 g/mol. The van der Waals surface area contributed by atoms with E-state index in [1.165, 1.54) is 11.1 Å². The van der Waals surface area contributed by atoms with Gasteiger partial charge in [-0.05, 0) is 36.6 Å². The number of nitrogens with zero attached hydrogens (tertiary/aromatic N) is 2. The van der Waals surface area contributed by atoms with Crippen LogP contribution in [-0.2, 0) is 6.42 Å². The summed E-state index contributed by atoms with van der Waals surface area (Å²) in [5.41, 5.74) is 2.70. The number of piperazine rings is 1. The summed E-state index contributed by atoms with van der Waals surface area (Å²) < 4.78 is 10.7. The van der Waals surface area contributed by atoms with Crippen molar-refractivity contribution in [3.63, 3.8) is 0 Å². The minimum Gasteiger partial charge on any atom is -0.493 e. The molecule has 4 heteroatoms. The van der Waals surface area contributed by atoms with Gasteiger partial charge in [0, 0.05) is 38.8 Å². The molecule has 1 unspecified atom stereocenters. The molecule has 1 saturated heterocycles. The van der Waals surface area contributed by atoms with E-state index in [1.54, 1.807) is 14.2 Å².